The Morgan fingerprint density at radius 3 is 2.47 bits per heavy atom. The van der Waals surface area contributed by atoms with Crippen LogP contribution >= 0.6 is 11.6 Å². The summed E-state index contributed by atoms with van der Waals surface area (Å²) < 4.78 is 5.37. The maximum absolute atomic E-state index is 6.04. The number of hydrogen-bond acceptors (Lipinski definition) is 2. The molecular formula is C14H22ClNO. The van der Waals surface area contributed by atoms with Crippen molar-refractivity contribution in [2.24, 2.45) is 5.41 Å². The summed E-state index contributed by atoms with van der Waals surface area (Å²) in [5, 5.41) is 4.12. The van der Waals surface area contributed by atoms with E-state index in [1.54, 1.807) is 7.11 Å². The summed E-state index contributed by atoms with van der Waals surface area (Å²) in [6, 6.07) is 6.15. The number of benzene rings is 1. The van der Waals surface area contributed by atoms with Crippen LogP contribution in [0.15, 0.2) is 18.2 Å². The van der Waals surface area contributed by atoms with E-state index in [0.29, 0.717) is 6.04 Å². The van der Waals surface area contributed by atoms with Gasteiger partial charge in [0.05, 0.1) is 7.11 Å². The minimum atomic E-state index is 0.197. The average molecular weight is 256 g/mol. The molecule has 0 aliphatic carbocycles. The monoisotopic (exact) mass is 255 g/mol. The Balaban J connectivity index is 2.96. The van der Waals surface area contributed by atoms with Gasteiger partial charge in [-0.05, 0) is 42.6 Å². The molecule has 1 unspecified atom stereocenters. The van der Waals surface area contributed by atoms with Crippen LogP contribution in [0.3, 0.4) is 0 Å². The summed E-state index contributed by atoms with van der Waals surface area (Å²) >= 11 is 6.04. The zero-order chi connectivity index (χ0) is 13.1. The van der Waals surface area contributed by atoms with Crippen molar-refractivity contribution in [1.82, 2.24) is 5.32 Å². The van der Waals surface area contributed by atoms with Crippen molar-refractivity contribution < 1.29 is 4.74 Å². The molecule has 0 spiro atoms. The lowest BCUT2D eigenvalue weighted by Crippen LogP contribution is -2.39. The van der Waals surface area contributed by atoms with Crippen molar-refractivity contribution >= 4 is 11.6 Å². The summed E-state index contributed by atoms with van der Waals surface area (Å²) in [7, 11) is 3.69. The van der Waals surface area contributed by atoms with Gasteiger partial charge in [-0.2, -0.15) is 0 Å². The predicted molar refractivity (Wildman–Crippen MR) is 74.0 cm³/mol. The molecule has 3 heteroatoms. The predicted octanol–water partition coefficient (Wildman–Crippen LogP) is 3.53. The van der Waals surface area contributed by atoms with Crippen LogP contribution in [0.4, 0.5) is 0 Å². The Morgan fingerprint density at radius 1 is 1.35 bits per heavy atom. The summed E-state index contributed by atoms with van der Waals surface area (Å²) in [4.78, 5) is 0. The molecule has 1 atom stereocenters. The first kappa shape index (κ1) is 14.3. The van der Waals surface area contributed by atoms with Crippen LogP contribution in [0.2, 0.25) is 5.02 Å². The molecule has 0 aliphatic rings. The second-order valence-corrected chi connectivity index (χ2v) is 5.80. The minimum absolute atomic E-state index is 0.197. The fourth-order valence-corrected chi connectivity index (χ4v) is 2.16. The van der Waals surface area contributed by atoms with Gasteiger partial charge in [0.2, 0.25) is 0 Å². The maximum atomic E-state index is 6.04. The molecule has 1 N–H and O–H groups in total. The van der Waals surface area contributed by atoms with Gasteiger partial charge in [0.15, 0.2) is 0 Å². The normalized spacial score (nSPS) is 13.5. The van der Waals surface area contributed by atoms with Crippen LogP contribution in [-0.4, -0.2) is 20.2 Å². The zero-order valence-electron chi connectivity index (χ0n) is 11.3. The van der Waals surface area contributed by atoms with Gasteiger partial charge < -0.3 is 10.1 Å². The molecule has 0 aliphatic heterocycles. The molecule has 96 valence electrons. The van der Waals surface area contributed by atoms with Gasteiger partial charge in [0.25, 0.3) is 0 Å². The number of likely N-dealkylation sites (N-methyl/N-ethyl adjacent to an activating group) is 1. The first-order chi connectivity index (χ1) is 7.88. The van der Waals surface area contributed by atoms with Gasteiger partial charge in [-0.25, -0.2) is 0 Å². The Labute approximate surface area is 109 Å². The van der Waals surface area contributed by atoms with Crippen molar-refractivity contribution in [3.63, 3.8) is 0 Å². The Hall–Kier alpha value is -0.730. The zero-order valence-corrected chi connectivity index (χ0v) is 12.1. The topological polar surface area (TPSA) is 21.3 Å². The van der Waals surface area contributed by atoms with Crippen molar-refractivity contribution in [3.8, 4) is 5.75 Å². The second-order valence-electron chi connectivity index (χ2n) is 5.37. The molecule has 0 amide bonds. The third-order valence-corrected chi connectivity index (χ3v) is 3.30. The van der Waals surface area contributed by atoms with Crippen molar-refractivity contribution in [1.29, 1.82) is 0 Å². The van der Waals surface area contributed by atoms with E-state index in [1.165, 1.54) is 0 Å². The summed E-state index contributed by atoms with van der Waals surface area (Å²) in [6.07, 6.45) is 0.906. The molecule has 1 aromatic carbocycles. The molecule has 0 bridgehead atoms. The van der Waals surface area contributed by atoms with Gasteiger partial charge in [-0.1, -0.05) is 32.4 Å². The van der Waals surface area contributed by atoms with Crippen molar-refractivity contribution in [2.75, 3.05) is 14.2 Å². The number of rotatable bonds is 4. The maximum Gasteiger partial charge on any atom is 0.122 e. The standard InChI is InChI=1S/C14H22ClNO/c1-14(2,3)13(16-4)9-10-8-11(15)6-7-12(10)17-5/h6-8,13,16H,9H2,1-5H3. The summed E-state index contributed by atoms with van der Waals surface area (Å²) in [5.41, 5.74) is 1.34. The lowest BCUT2D eigenvalue weighted by molar-refractivity contribution is 0.277. The van der Waals surface area contributed by atoms with E-state index in [4.69, 9.17) is 16.3 Å². The Morgan fingerprint density at radius 2 is 2.00 bits per heavy atom. The van der Waals surface area contributed by atoms with E-state index in [9.17, 15) is 0 Å². The van der Waals surface area contributed by atoms with Crippen LogP contribution in [0.25, 0.3) is 0 Å². The van der Waals surface area contributed by atoms with Crippen LogP contribution in [0, 0.1) is 5.41 Å². The van der Waals surface area contributed by atoms with E-state index in [2.05, 4.69) is 26.1 Å². The highest BCUT2D eigenvalue weighted by Gasteiger charge is 2.24. The highest BCUT2D eigenvalue weighted by atomic mass is 35.5. The van der Waals surface area contributed by atoms with Crippen LogP contribution in [-0.2, 0) is 6.42 Å². The smallest absolute Gasteiger partial charge is 0.122 e. The quantitative estimate of drug-likeness (QED) is 0.889. The molecule has 0 aromatic heterocycles. The molecule has 1 aromatic rings. The van der Waals surface area contributed by atoms with Gasteiger partial charge in [-0.3, -0.25) is 0 Å². The molecule has 2 nitrogen and oxygen atoms in total. The van der Waals surface area contributed by atoms with E-state index in [-0.39, 0.29) is 5.41 Å². The molecule has 0 saturated heterocycles. The number of methoxy groups -OCH3 is 1. The number of ether oxygens (including phenoxy) is 1. The fourth-order valence-electron chi connectivity index (χ4n) is 1.97. The van der Waals surface area contributed by atoms with E-state index >= 15 is 0 Å². The largest absolute Gasteiger partial charge is 0.496 e. The molecule has 0 fully saturated rings. The average Bonchev–Trinajstić information content (AvgIpc) is 2.24. The molecule has 0 heterocycles. The lowest BCUT2D eigenvalue weighted by Gasteiger charge is -2.31. The first-order valence-corrected chi connectivity index (χ1v) is 6.26. The number of hydrogen-bond donors (Lipinski definition) is 1. The third-order valence-electron chi connectivity index (χ3n) is 3.06. The van der Waals surface area contributed by atoms with E-state index in [0.717, 1.165) is 22.8 Å². The van der Waals surface area contributed by atoms with Crippen LogP contribution < -0.4 is 10.1 Å². The number of nitrogens with one attached hydrogen (secondary N) is 1. The van der Waals surface area contributed by atoms with Gasteiger partial charge >= 0.3 is 0 Å². The van der Waals surface area contributed by atoms with Crippen molar-refractivity contribution in [3.05, 3.63) is 28.8 Å². The second kappa shape index (κ2) is 5.74. The van der Waals surface area contributed by atoms with Gasteiger partial charge in [0, 0.05) is 11.1 Å². The highest BCUT2D eigenvalue weighted by molar-refractivity contribution is 6.30. The van der Waals surface area contributed by atoms with Crippen LogP contribution in [0.1, 0.15) is 26.3 Å². The third kappa shape index (κ3) is 3.90. The Kier molecular flexibility index (Phi) is 4.84. The van der Waals surface area contributed by atoms with Gasteiger partial charge in [-0.15, -0.1) is 0 Å². The Bertz CT molecular complexity index is 371. The molecule has 0 saturated carbocycles. The molecular weight excluding hydrogens is 234 g/mol. The van der Waals surface area contributed by atoms with Crippen molar-refractivity contribution in [2.45, 2.75) is 33.2 Å². The SMILES string of the molecule is CNC(Cc1cc(Cl)ccc1OC)C(C)(C)C. The molecule has 17 heavy (non-hydrogen) atoms. The van der Waals surface area contributed by atoms with E-state index in [1.807, 2.05) is 25.2 Å². The van der Waals surface area contributed by atoms with E-state index < -0.39 is 0 Å². The summed E-state index contributed by atoms with van der Waals surface area (Å²) in [5.74, 6) is 0.902. The first-order valence-electron chi connectivity index (χ1n) is 5.88. The molecule has 0 radical (unpaired) electrons. The summed E-state index contributed by atoms with van der Waals surface area (Å²) in [6.45, 7) is 6.68. The van der Waals surface area contributed by atoms with Gasteiger partial charge in [0.1, 0.15) is 5.75 Å². The minimum Gasteiger partial charge on any atom is -0.496 e. The fraction of sp³-hybridized carbons (Fsp3) is 0.571. The highest BCUT2D eigenvalue weighted by Crippen LogP contribution is 2.28. The lowest BCUT2D eigenvalue weighted by atomic mass is 9.83. The van der Waals surface area contributed by atoms with Crippen LogP contribution in [0.5, 0.6) is 5.75 Å². The number of halogens is 1. The molecule has 1 rings (SSSR count).